The molecule has 5 nitrogen and oxygen atoms in total. The van der Waals surface area contributed by atoms with Gasteiger partial charge in [-0.1, -0.05) is 48.6 Å². The van der Waals surface area contributed by atoms with Crippen molar-refractivity contribution in [3.05, 3.63) is 66.4 Å². The molecule has 0 aromatic heterocycles. The van der Waals surface area contributed by atoms with Gasteiger partial charge in [-0.15, -0.1) is 0 Å². The Labute approximate surface area is 164 Å². The van der Waals surface area contributed by atoms with Crippen LogP contribution >= 0.6 is 0 Å². The molecule has 0 aliphatic carbocycles. The van der Waals surface area contributed by atoms with Gasteiger partial charge in [0.25, 0.3) is 0 Å². The van der Waals surface area contributed by atoms with Gasteiger partial charge < -0.3 is 19.5 Å². The second kappa shape index (κ2) is 8.48. The first-order valence-corrected chi connectivity index (χ1v) is 9.76. The van der Waals surface area contributed by atoms with E-state index in [2.05, 4.69) is 18.2 Å². The number of ether oxygens (including phenoxy) is 2. The fourth-order valence-corrected chi connectivity index (χ4v) is 3.83. The van der Waals surface area contributed by atoms with Crippen molar-refractivity contribution in [2.45, 2.75) is 18.9 Å². The molecule has 28 heavy (non-hydrogen) atoms. The highest BCUT2D eigenvalue weighted by atomic mass is 16.5. The van der Waals surface area contributed by atoms with Crippen LogP contribution in [0.5, 0.6) is 5.75 Å². The first-order valence-electron chi connectivity index (χ1n) is 9.76. The Kier molecular flexibility index (Phi) is 5.63. The Morgan fingerprint density at radius 3 is 2.89 bits per heavy atom. The average molecular weight is 379 g/mol. The van der Waals surface area contributed by atoms with Crippen LogP contribution in [0.15, 0.2) is 66.4 Å². The van der Waals surface area contributed by atoms with Gasteiger partial charge in [0, 0.05) is 37.1 Å². The van der Waals surface area contributed by atoms with Crippen LogP contribution in [0.4, 0.5) is 0 Å². The van der Waals surface area contributed by atoms with E-state index in [0.717, 1.165) is 41.5 Å². The lowest BCUT2D eigenvalue weighted by Gasteiger charge is -2.31. The molecule has 2 atom stereocenters. The van der Waals surface area contributed by atoms with E-state index >= 15 is 0 Å². The number of carbonyl (C=O) groups is 1. The third kappa shape index (κ3) is 4.20. The van der Waals surface area contributed by atoms with E-state index in [1.165, 1.54) is 0 Å². The SMILES string of the molecule is O=C(O)C1C=CC(CCOc2cccc3ccccc23)=CN1CC1CCOC1. The van der Waals surface area contributed by atoms with Gasteiger partial charge in [0.2, 0.25) is 0 Å². The molecule has 0 radical (unpaired) electrons. The van der Waals surface area contributed by atoms with Crippen LogP contribution in [0.1, 0.15) is 12.8 Å². The second-order valence-corrected chi connectivity index (χ2v) is 7.35. The summed E-state index contributed by atoms with van der Waals surface area (Å²) in [7, 11) is 0. The summed E-state index contributed by atoms with van der Waals surface area (Å²) < 4.78 is 11.5. The zero-order valence-electron chi connectivity index (χ0n) is 15.8. The highest BCUT2D eigenvalue weighted by molar-refractivity contribution is 5.88. The molecule has 1 saturated heterocycles. The number of rotatable bonds is 7. The fraction of sp³-hybridized carbons (Fsp3) is 0.348. The van der Waals surface area contributed by atoms with Gasteiger partial charge in [0.15, 0.2) is 0 Å². The minimum Gasteiger partial charge on any atom is -0.493 e. The molecule has 0 amide bonds. The van der Waals surface area contributed by atoms with E-state index in [1.54, 1.807) is 6.08 Å². The highest BCUT2D eigenvalue weighted by Crippen LogP contribution is 2.26. The number of carboxylic acids is 1. The topological polar surface area (TPSA) is 59.0 Å². The van der Waals surface area contributed by atoms with Crippen LogP contribution in [-0.4, -0.2) is 48.4 Å². The molecule has 1 fully saturated rings. The summed E-state index contributed by atoms with van der Waals surface area (Å²) in [5.74, 6) is 0.442. The fourth-order valence-electron chi connectivity index (χ4n) is 3.83. The van der Waals surface area contributed by atoms with Gasteiger partial charge in [-0.2, -0.15) is 0 Å². The first-order chi connectivity index (χ1) is 13.7. The molecule has 5 heteroatoms. The van der Waals surface area contributed by atoms with Gasteiger partial charge in [0.05, 0.1) is 13.2 Å². The van der Waals surface area contributed by atoms with Crippen molar-refractivity contribution >= 4 is 16.7 Å². The predicted molar refractivity (Wildman–Crippen MR) is 108 cm³/mol. The summed E-state index contributed by atoms with van der Waals surface area (Å²) in [5.41, 5.74) is 1.08. The number of hydrogen-bond donors (Lipinski definition) is 1. The summed E-state index contributed by atoms with van der Waals surface area (Å²) in [6.45, 7) is 2.72. The van der Waals surface area contributed by atoms with Gasteiger partial charge in [0.1, 0.15) is 11.8 Å². The molecule has 2 unspecified atom stereocenters. The van der Waals surface area contributed by atoms with Crippen LogP contribution in [-0.2, 0) is 9.53 Å². The lowest BCUT2D eigenvalue weighted by atomic mass is 10.0. The van der Waals surface area contributed by atoms with Gasteiger partial charge in [-0.3, -0.25) is 0 Å². The molecule has 4 rings (SSSR count). The molecule has 2 aliphatic rings. The summed E-state index contributed by atoms with van der Waals surface area (Å²) in [4.78, 5) is 13.5. The number of carboxylic acid groups (broad SMARTS) is 1. The van der Waals surface area contributed by atoms with Crippen molar-refractivity contribution in [2.75, 3.05) is 26.4 Å². The van der Waals surface area contributed by atoms with E-state index in [-0.39, 0.29) is 0 Å². The van der Waals surface area contributed by atoms with Gasteiger partial charge >= 0.3 is 5.97 Å². The Morgan fingerprint density at radius 2 is 2.07 bits per heavy atom. The van der Waals surface area contributed by atoms with Gasteiger partial charge in [-0.05, 0) is 23.4 Å². The number of fused-ring (bicyclic) bond motifs is 1. The zero-order valence-corrected chi connectivity index (χ0v) is 15.8. The Balaban J connectivity index is 1.40. The van der Waals surface area contributed by atoms with Gasteiger partial charge in [-0.25, -0.2) is 4.79 Å². The summed E-state index contributed by atoms with van der Waals surface area (Å²) in [6, 6.07) is 13.6. The smallest absolute Gasteiger partial charge is 0.330 e. The first kappa shape index (κ1) is 18.6. The molecule has 0 saturated carbocycles. The number of allylic oxidation sites excluding steroid dienone is 1. The van der Waals surface area contributed by atoms with Crippen molar-refractivity contribution < 1.29 is 19.4 Å². The predicted octanol–water partition coefficient (Wildman–Crippen LogP) is 3.85. The molecule has 2 aromatic rings. The lowest BCUT2D eigenvalue weighted by Crippen LogP contribution is -2.40. The molecule has 2 aromatic carbocycles. The zero-order chi connectivity index (χ0) is 19.3. The van der Waals surface area contributed by atoms with Crippen molar-refractivity contribution in [1.29, 1.82) is 0 Å². The van der Waals surface area contributed by atoms with Crippen molar-refractivity contribution in [2.24, 2.45) is 5.92 Å². The number of hydrogen-bond acceptors (Lipinski definition) is 4. The summed E-state index contributed by atoms with van der Waals surface area (Å²) in [5, 5.41) is 11.8. The number of benzene rings is 2. The maximum Gasteiger partial charge on any atom is 0.330 e. The van der Waals surface area contributed by atoms with Crippen molar-refractivity contribution in [1.82, 2.24) is 4.90 Å². The minimum absolute atomic E-state index is 0.387. The van der Waals surface area contributed by atoms with Crippen molar-refractivity contribution in [3.8, 4) is 5.75 Å². The molecule has 0 spiro atoms. The number of nitrogens with zero attached hydrogens (tertiary/aromatic N) is 1. The third-order valence-corrected chi connectivity index (χ3v) is 5.33. The Bertz CT molecular complexity index is 893. The number of aliphatic carboxylic acids is 1. The second-order valence-electron chi connectivity index (χ2n) is 7.35. The molecular formula is C23H25NO4. The van der Waals surface area contributed by atoms with Crippen molar-refractivity contribution in [3.63, 3.8) is 0 Å². The minimum atomic E-state index is -0.822. The third-order valence-electron chi connectivity index (χ3n) is 5.33. The maximum atomic E-state index is 11.6. The molecule has 0 bridgehead atoms. The van der Waals surface area contributed by atoms with Crippen LogP contribution in [0.2, 0.25) is 0 Å². The largest absolute Gasteiger partial charge is 0.493 e. The Hall–Kier alpha value is -2.79. The van der Waals surface area contributed by atoms with E-state index in [9.17, 15) is 9.90 Å². The quantitative estimate of drug-likeness (QED) is 0.792. The summed E-state index contributed by atoms with van der Waals surface area (Å²) in [6.07, 6.45) is 7.37. The normalized spacial score (nSPS) is 21.7. The maximum absolute atomic E-state index is 11.6. The lowest BCUT2D eigenvalue weighted by molar-refractivity contribution is -0.140. The molecule has 2 aliphatic heterocycles. The monoisotopic (exact) mass is 379 g/mol. The van der Waals surface area contributed by atoms with E-state index < -0.39 is 12.0 Å². The standard InChI is InChI=1S/C23H25NO4/c25-23(26)21-9-8-17(14-24(21)15-18-10-12-27-16-18)11-13-28-22-7-3-5-19-4-1-2-6-20(19)22/h1-9,14,18,21H,10-13,15-16H2,(H,25,26). The average Bonchev–Trinajstić information content (AvgIpc) is 3.21. The molecule has 2 heterocycles. The van der Waals surface area contributed by atoms with Crippen LogP contribution < -0.4 is 4.74 Å². The summed E-state index contributed by atoms with van der Waals surface area (Å²) >= 11 is 0. The highest BCUT2D eigenvalue weighted by Gasteiger charge is 2.27. The van der Waals surface area contributed by atoms with E-state index in [0.29, 0.717) is 25.7 Å². The molecule has 146 valence electrons. The van der Waals surface area contributed by atoms with E-state index in [4.69, 9.17) is 9.47 Å². The molecule has 1 N–H and O–H groups in total. The van der Waals surface area contributed by atoms with Crippen LogP contribution in [0.25, 0.3) is 10.8 Å². The Morgan fingerprint density at radius 1 is 1.21 bits per heavy atom. The van der Waals surface area contributed by atoms with E-state index in [1.807, 2.05) is 41.4 Å². The van der Waals surface area contributed by atoms with Crippen LogP contribution in [0.3, 0.4) is 0 Å². The van der Waals surface area contributed by atoms with Crippen LogP contribution in [0, 0.1) is 5.92 Å². The molecular weight excluding hydrogens is 354 g/mol.